The van der Waals surface area contributed by atoms with Crippen molar-refractivity contribution >= 4 is 16.9 Å². The number of halogens is 2. The second-order valence-corrected chi connectivity index (χ2v) is 6.81. The fourth-order valence-corrected chi connectivity index (χ4v) is 4.14. The Balaban J connectivity index is 1.74. The minimum Gasteiger partial charge on any atom is -0.478 e. The van der Waals surface area contributed by atoms with Crippen molar-refractivity contribution in [2.45, 2.75) is 26.0 Å². The van der Waals surface area contributed by atoms with E-state index < -0.39 is 12.6 Å². The first kappa shape index (κ1) is 15.4. The van der Waals surface area contributed by atoms with Crippen molar-refractivity contribution in [1.29, 1.82) is 0 Å². The summed E-state index contributed by atoms with van der Waals surface area (Å²) in [5.74, 6) is -1.09. The number of benzene rings is 1. The smallest absolute Gasteiger partial charge is 0.387 e. The summed E-state index contributed by atoms with van der Waals surface area (Å²) in [6.45, 7) is 1.05. The van der Waals surface area contributed by atoms with E-state index in [9.17, 15) is 18.7 Å². The van der Waals surface area contributed by atoms with Gasteiger partial charge in [-0.1, -0.05) is 0 Å². The molecular formula is C17H18F2N2O3. The molecule has 2 aliphatic heterocycles. The Kier molecular flexibility index (Phi) is 3.49. The number of nitrogens with zero attached hydrogens (tertiary/aromatic N) is 2. The molecule has 2 bridgehead atoms. The normalized spacial score (nSPS) is 25.7. The lowest BCUT2D eigenvalue weighted by atomic mass is 9.84. The van der Waals surface area contributed by atoms with Crippen molar-refractivity contribution in [3.8, 4) is 5.75 Å². The van der Waals surface area contributed by atoms with Crippen LogP contribution in [0.4, 0.5) is 8.78 Å². The van der Waals surface area contributed by atoms with Crippen LogP contribution in [0.3, 0.4) is 0 Å². The molecule has 0 unspecified atom stereocenters. The van der Waals surface area contributed by atoms with Crippen molar-refractivity contribution < 1.29 is 23.4 Å². The molecule has 2 aliphatic rings. The van der Waals surface area contributed by atoms with Crippen LogP contribution >= 0.6 is 0 Å². The van der Waals surface area contributed by atoms with E-state index in [2.05, 4.69) is 9.64 Å². The van der Waals surface area contributed by atoms with Crippen LogP contribution in [0.1, 0.15) is 23.2 Å². The quantitative estimate of drug-likeness (QED) is 0.912. The molecule has 0 saturated carbocycles. The number of fused-ring (bicyclic) bond motifs is 3. The van der Waals surface area contributed by atoms with Crippen molar-refractivity contribution in [2.75, 3.05) is 19.6 Å². The predicted octanol–water partition coefficient (Wildman–Crippen LogP) is 3.04. The van der Waals surface area contributed by atoms with Gasteiger partial charge >= 0.3 is 12.6 Å². The highest BCUT2D eigenvalue weighted by molar-refractivity contribution is 6.03. The third-order valence-electron chi connectivity index (χ3n) is 5.29. The number of carbonyl (C=O) groups is 1. The topological polar surface area (TPSA) is 54.7 Å². The molecule has 2 aromatic rings. The molecule has 1 N–H and O–H groups in total. The van der Waals surface area contributed by atoms with Crippen LogP contribution in [0, 0.1) is 5.41 Å². The molecule has 24 heavy (non-hydrogen) atoms. The number of hydrogen-bond acceptors (Lipinski definition) is 3. The third-order valence-corrected chi connectivity index (χ3v) is 5.29. The van der Waals surface area contributed by atoms with E-state index in [-0.39, 0.29) is 16.7 Å². The van der Waals surface area contributed by atoms with Gasteiger partial charge in [-0.05, 0) is 44.1 Å². The van der Waals surface area contributed by atoms with Crippen LogP contribution in [0.2, 0.25) is 0 Å². The van der Waals surface area contributed by atoms with Gasteiger partial charge in [0.25, 0.3) is 0 Å². The summed E-state index contributed by atoms with van der Waals surface area (Å²) in [6.07, 6.45) is 3.85. The van der Waals surface area contributed by atoms with Gasteiger partial charge in [0.2, 0.25) is 0 Å². The minimum atomic E-state index is -2.93. The van der Waals surface area contributed by atoms with E-state index in [1.807, 2.05) is 4.57 Å². The lowest BCUT2D eigenvalue weighted by Crippen LogP contribution is -2.25. The summed E-state index contributed by atoms with van der Waals surface area (Å²) >= 11 is 0. The van der Waals surface area contributed by atoms with E-state index in [0.717, 1.165) is 44.5 Å². The molecule has 0 atom stereocenters. The lowest BCUT2D eigenvalue weighted by molar-refractivity contribution is -0.0497. The maximum Gasteiger partial charge on any atom is 0.387 e. The summed E-state index contributed by atoms with van der Waals surface area (Å²) < 4.78 is 31.2. The molecular weight excluding hydrogens is 318 g/mol. The van der Waals surface area contributed by atoms with Gasteiger partial charge in [0.1, 0.15) is 5.75 Å². The Hall–Kier alpha value is -2.15. The molecule has 0 radical (unpaired) electrons. The highest BCUT2D eigenvalue weighted by Crippen LogP contribution is 2.42. The summed E-state index contributed by atoms with van der Waals surface area (Å²) in [6, 6.07) is 4.51. The maximum absolute atomic E-state index is 12.4. The van der Waals surface area contributed by atoms with Crippen molar-refractivity contribution in [3.63, 3.8) is 0 Å². The molecule has 1 aromatic heterocycles. The highest BCUT2D eigenvalue weighted by atomic mass is 19.3. The van der Waals surface area contributed by atoms with E-state index in [4.69, 9.17) is 0 Å². The highest BCUT2D eigenvalue weighted by Gasteiger charge is 2.43. The fraction of sp³-hybridized carbons (Fsp3) is 0.471. The monoisotopic (exact) mass is 336 g/mol. The molecule has 4 rings (SSSR count). The first-order valence-electron chi connectivity index (χ1n) is 7.99. The Morgan fingerprint density at radius 1 is 1.33 bits per heavy atom. The Morgan fingerprint density at radius 3 is 2.67 bits per heavy atom. The van der Waals surface area contributed by atoms with Gasteiger partial charge in [-0.15, -0.1) is 0 Å². The number of carboxylic acids is 1. The molecule has 0 aliphatic carbocycles. The predicted molar refractivity (Wildman–Crippen MR) is 83.6 cm³/mol. The lowest BCUT2D eigenvalue weighted by Gasteiger charge is -2.26. The second-order valence-electron chi connectivity index (χ2n) is 6.81. The number of hydrogen-bond donors (Lipinski definition) is 1. The molecule has 7 heteroatoms. The number of piperidine rings is 1. The summed E-state index contributed by atoms with van der Waals surface area (Å²) in [5, 5.41) is 9.88. The van der Waals surface area contributed by atoms with Gasteiger partial charge in [0.15, 0.2) is 0 Å². The van der Waals surface area contributed by atoms with E-state index >= 15 is 0 Å². The van der Waals surface area contributed by atoms with Crippen molar-refractivity contribution in [3.05, 3.63) is 30.0 Å². The van der Waals surface area contributed by atoms with E-state index in [1.165, 1.54) is 12.1 Å². The molecule has 0 amide bonds. The molecule has 128 valence electrons. The number of ether oxygens (including phenoxy) is 1. The van der Waals surface area contributed by atoms with Crippen molar-refractivity contribution in [2.24, 2.45) is 5.41 Å². The average molecular weight is 336 g/mol. The van der Waals surface area contributed by atoms with Gasteiger partial charge in [-0.25, -0.2) is 4.79 Å². The zero-order valence-corrected chi connectivity index (χ0v) is 13.0. The van der Waals surface area contributed by atoms with Crippen LogP contribution in [0.5, 0.6) is 5.75 Å². The molecule has 2 saturated heterocycles. The number of aromatic nitrogens is 1. The van der Waals surface area contributed by atoms with Crippen LogP contribution in [0.15, 0.2) is 24.4 Å². The zero-order valence-electron chi connectivity index (χ0n) is 13.0. The summed E-state index contributed by atoms with van der Waals surface area (Å²) in [7, 11) is 0. The Labute approximate surface area is 137 Å². The number of aromatic carboxylic acids is 1. The molecule has 2 fully saturated rings. The van der Waals surface area contributed by atoms with Gasteiger partial charge in [-0.3, -0.25) is 0 Å². The first-order chi connectivity index (χ1) is 11.5. The van der Waals surface area contributed by atoms with Gasteiger partial charge in [0.05, 0.1) is 5.56 Å². The average Bonchev–Trinajstić information content (AvgIpc) is 3.20. The van der Waals surface area contributed by atoms with Crippen LogP contribution in [-0.4, -0.2) is 46.8 Å². The number of rotatable bonds is 5. The van der Waals surface area contributed by atoms with E-state index in [1.54, 1.807) is 12.3 Å². The molecule has 0 spiro atoms. The Bertz CT molecular complexity index is 794. The largest absolute Gasteiger partial charge is 0.478 e. The zero-order chi connectivity index (χ0) is 16.9. The Morgan fingerprint density at radius 2 is 2.08 bits per heavy atom. The second kappa shape index (κ2) is 5.44. The molecule has 3 heterocycles. The van der Waals surface area contributed by atoms with Crippen LogP contribution < -0.4 is 4.74 Å². The fourth-order valence-electron chi connectivity index (χ4n) is 4.14. The SMILES string of the molecule is O=C(O)c1cn(CC23CCN(CC2)C3)c2ccc(OC(F)F)cc12. The van der Waals surface area contributed by atoms with E-state index in [0.29, 0.717) is 5.39 Å². The van der Waals surface area contributed by atoms with Crippen LogP contribution in [0.25, 0.3) is 10.9 Å². The number of carboxylic acid groups (broad SMARTS) is 1. The van der Waals surface area contributed by atoms with Gasteiger partial charge < -0.3 is 19.3 Å². The first-order valence-corrected chi connectivity index (χ1v) is 7.99. The van der Waals surface area contributed by atoms with Gasteiger partial charge in [-0.2, -0.15) is 8.78 Å². The van der Waals surface area contributed by atoms with Crippen LogP contribution in [-0.2, 0) is 6.54 Å². The van der Waals surface area contributed by atoms with Gasteiger partial charge in [0, 0.05) is 35.6 Å². The summed E-state index contributed by atoms with van der Waals surface area (Å²) in [4.78, 5) is 14.0. The van der Waals surface area contributed by atoms with Crippen molar-refractivity contribution in [1.82, 2.24) is 9.47 Å². The molecule has 1 aromatic carbocycles. The molecule has 5 nitrogen and oxygen atoms in total. The minimum absolute atomic E-state index is 0.0242. The summed E-state index contributed by atoms with van der Waals surface area (Å²) in [5.41, 5.74) is 1.06. The third kappa shape index (κ3) is 2.53. The maximum atomic E-state index is 12.4. The number of alkyl halides is 2. The standard InChI is InChI=1S/C17H18F2N2O3/c18-16(19)24-11-1-2-14-12(7-11)13(15(22)23)8-21(14)10-17-3-5-20(9-17)6-4-17/h1-2,7-8,16H,3-6,9-10H2,(H,22,23).